The van der Waals surface area contributed by atoms with E-state index in [4.69, 9.17) is 4.74 Å². The van der Waals surface area contributed by atoms with Crippen LogP contribution in [0.1, 0.15) is 32.1 Å². The molecule has 0 spiro atoms. The first-order chi connectivity index (χ1) is 8.43. The van der Waals surface area contributed by atoms with Crippen molar-refractivity contribution in [1.29, 1.82) is 0 Å². The second kappa shape index (κ2) is 7.43. The van der Waals surface area contributed by atoms with E-state index >= 15 is 0 Å². The van der Waals surface area contributed by atoms with Crippen LogP contribution in [0.5, 0.6) is 0 Å². The Morgan fingerprint density at radius 1 is 1.50 bits per heavy atom. The lowest BCUT2D eigenvalue weighted by atomic mass is 9.92. The Balaban J connectivity index is 2.33. The molecule has 0 amide bonds. The fourth-order valence-corrected chi connectivity index (χ4v) is 3.43. The van der Waals surface area contributed by atoms with Crippen LogP contribution >= 0.6 is 0 Å². The van der Waals surface area contributed by atoms with Gasteiger partial charge in [-0.2, -0.15) is 0 Å². The Hall–Kier alpha value is -0.170. The second-order valence-electron chi connectivity index (χ2n) is 5.15. The van der Waals surface area contributed by atoms with Gasteiger partial charge in [-0.1, -0.05) is 0 Å². The van der Waals surface area contributed by atoms with Gasteiger partial charge in [-0.3, -0.25) is 0 Å². The fourth-order valence-electron chi connectivity index (χ4n) is 2.49. The molecular weight excluding hydrogens is 254 g/mol. The third-order valence-electron chi connectivity index (χ3n) is 3.44. The average molecular weight is 279 g/mol. The number of piperidine rings is 1. The molecule has 6 heteroatoms. The standard InChI is InChI=1S/C12H25NO4S/c1-17-8-4-6-12(14)9-11-5-3-7-13(10-11)18(2,15)16/h11-12,14H,3-10H2,1-2H3. The van der Waals surface area contributed by atoms with E-state index in [9.17, 15) is 13.5 Å². The molecule has 0 saturated carbocycles. The van der Waals surface area contributed by atoms with E-state index in [1.54, 1.807) is 7.11 Å². The van der Waals surface area contributed by atoms with Crippen LogP contribution in [0.3, 0.4) is 0 Å². The van der Waals surface area contributed by atoms with Gasteiger partial charge in [0.05, 0.1) is 12.4 Å². The van der Waals surface area contributed by atoms with Crippen LogP contribution in [-0.2, 0) is 14.8 Å². The van der Waals surface area contributed by atoms with Crippen LogP contribution in [0, 0.1) is 5.92 Å². The van der Waals surface area contributed by atoms with Crippen molar-refractivity contribution < 1.29 is 18.3 Å². The van der Waals surface area contributed by atoms with Gasteiger partial charge in [0.1, 0.15) is 0 Å². The lowest BCUT2D eigenvalue weighted by molar-refractivity contribution is 0.100. The normalized spacial score (nSPS) is 24.1. The zero-order valence-corrected chi connectivity index (χ0v) is 12.2. The first kappa shape index (κ1) is 15.9. The van der Waals surface area contributed by atoms with Crippen LogP contribution in [0.15, 0.2) is 0 Å². The van der Waals surface area contributed by atoms with E-state index in [0.29, 0.717) is 26.1 Å². The Kier molecular flexibility index (Phi) is 6.55. The van der Waals surface area contributed by atoms with E-state index in [1.807, 2.05) is 0 Å². The van der Waals surface area contributed by atoms with Gasteiger partial charge in [0.2, 0.25) is 10.0 Å². The first-order valence-electron chi connectivity index (χ1n) is 6.55. The van der Waals surface area contributed by atoms with Gasteiger partial charge in [-0.25, -0.2) is 12.7 Å². The minimum atomic E-state index is -3.08. The first-order valence-corrected chi connectivity index (χ1v) is 8.40. The minimum absolute atomic E-state index is 0.283. The number of nitrogens with zero attached hydrogens (tertiary/aromatic N) is 1. The molecule has 0 aromatic heterocycles. The number of methoxy groups -OCH3 is 1. The molecule has 1 rings (SSSR count). The van der Waals surface area contributed by atoms with E-state index < -0.39 is 10.0 Å². The number of rotatable bonds is 7. The Bertz CT molecular complexity index is 331. The van der Waals surface area contributed by atoms with Gasteiger partial charge < -0.3 is 9.84 Å². The average Bonchev–Trinajstić information content (AvgIpc) is 2.28. The minimum Gasteiger partial charge on any atom is -0.393 e. The number of hydrogen-bond donors (Lipinski definition) is 1. The molecule has 0 radical (unpaired) electrons. The summed E-state index contributed by atoms with van der Waals surface area (Å²) >= 11 is 0. The van der Waals surface area contributed by atoms with Crippen LogP contribution in [-0.4, -0.2) is 57.0 Å². The summed E-state index contributed by atoms with van der Waals surface area (Å²) in [5.41, 5.74) is 0. The number of sulfonamides is 1. The maximum Gasteiger partial charge on any atom is 0.211 e. The summed E-state index contributed by atoms with van der Waals surface area (Å²) in [4.78, 5) is 0. The molecule has 0 bridgehead atoms. The molecule has 2 atom stereocenters. The highest BCUT2D eigenvalue weighted by Crippen LogP contribution is 2.23. The number of ether oxygens (including phenoxy) is 1. The molecule has 1 heterocycles. The molecule has 2 unspecified atom stereocenters. The maximum absolute atomic E-state index is 11.5. The smallest absolute Gasteiger partial charge is 0.211 e. The molecule has 108 valence electrons. The number of aliphatic hydroxyl groups is 1. The van der Waals surface area contributed by atoms with Crippen LogP contribution in [0.25, 0.3) is 0 Å². The molecule has 0 aromatic rings. The molecule has 0 aliphatic carbocycles. The zero-order chi connectivity index (χ0) is 13.6. The van der Waals surface area contributed by atoms with Gasteiger partial charge in [0, 0.05) is 26.8 Å². The van der Waals surface area contributed by atoms with Crippen molar-refractivity contribution in [2.75, 3.05) is 33.1 Å². The van der Waals surface area contributed by atoms with Crippen molar-refractivity contribution in [2.24, 2.45) is 5.92 Å². The van der Waals surface area contributed by atoms with Crippen LogP contribution < -0.4 is 0 Å². The van der Waals surface area contributed by atoms with Crippen molar-refractivity contribution in [1.82, 2.24) is 4.31 Å². The van der Waals surface area contributed by atoms with Gasteiger partial charge in [0.15, 0.2) is 0 Å². The molecule has 5 nitrogen and oxygen atoms in total. The van der Waals surface area contributed by atoms with Crippen molar-refractivity contribution in [3.05, 3.63) is 0 Å². The molecule has 0 aromatic carbocycles. The molecular formula is C12H25NO4S. The maximum atomic E-state index is 11.5. The summed E-state index contributed by atoms with van der Waals surface area (Å²) in [5.74, 6) is 0.283. The molecule has 1 N–H and O–H groups in total. The third-order valence-corrected chi connectivity index (χ3v) is 4.71. The Morgan fingerprint density at radius 2 is 2.22 bits per heavy atom. The molecule has 1 aliphatic heterocycles. The van der Waals surface area contributed by atoms with E-state index in [-0.39, 0.29) is 12.0 Å². The van der Waals surface area contributed by atoms with E-state index in [1.165, 1.54) is 10.6 Å². The summed E-state index contributed by atoms with van der Waals surface area (Å²) in [6.45, 7) is 1.84. The molecule has 1 aliphatic rings. The SMILES string of the molecule is COCCCC(O)CC1CCCN(S(C)(=O)=O)C1. The number of aliphatic hydroxyl groups excluding tert-OH is 1. The molecule has 1 fully saturated rings. The van der Waals surface area contributed by atoms with Gasteiger partial charge >= 0.3 is 0 Å². The zero-order valence-electron chi connectivity index (χ0n) is 11.3. The summed E-state index contributed by atoms with van der Waals surface area (Å²) in [7, 11) is -1.43. The summed E-state index contributed by atoms with van der Waals surface area (Å²) in [5, 5.41) is 9.89. The summed E-state index contributed by atoms with van der Waals surface area (Å²) in [6, 6.07) is 0. The third kappa shape index (κ3) is 5.65. The highest BCUT2D eigenvalue weighted by Gasteiger charge is 2.27. The van der Waals surface area contributed by atoms with Gasteiger partial charge in [-0.05, 0) is 38.0 Å². The van der Waals surface area contributed by atoms with Gasteiger partial charge in [-0.15, -0.1) is 0 Å². The highest BCUT2D eigenvalue weighted by molar-refractivity contribution is 7.88. The summed E-state index contributed by atoms with van der Waals surface area (Å²) in [6.07, 6.45) is 5.07. The molecule has 18 heavy (non-hydrogen) atoms. The van der Waals surface area contributed by atoms with Crippen molar-refractivity contribution in [3.63, 3.8) is 0 Å². The Labute approximate surface area is 110 Å². The second-order valence-corrected chi connectivity index (χ2v) is 7.14. The monoisotopic (exact) mass is 279 g/mol. The quantitative estimate of drug-likeness (QED) is 0.701. The number of hydrogen-bond acceptors (Lipinski definition) is 4. The topological polar surface area (TPSA) is 66.8 Å². The van der Waals surface area contributed by atoms with Crippen LogP contribution in [0.2, 0.25) is 0 Å². The van der Waals surface area contributed by atoms with Crippen LogP contribution in [0.4, 0.5) is 0 Å². The van der Waals surface area contributed by atoms with Crippen molar-refractivity contribution in [2.45, 2.75) is 38.2 Å². The lowest BCUT2D eigenvalue weighted by Crippen LogP contribution is -2.40. The van der Waals surface area contributed by atoms with E-state index in [0.717, 1.165) is 25.7 Å². The largest absolute Gasteiger partial charge is 0.393 e. The predicted molar refractivity (Wildman–Crippen MR) is 70.9 cm³/mol. The van der Waals surface area contributed by atoms with Crippen molar-refractivity contribution in [3.8, 4) is 0 Å². The van der Waals surface area contributed by atoms with Gasteiger partial charge in [0.25, 0.3) is 0 Å². The van der Waals surface area contributed by atoms with E-state index in [2.05, 4.69) is 0 Å². The Morgan fingerprint density at radius 3 is 2.83 bits per heavy atom. The predicted octanol–water partition coefficient (Wildman–Crippen LogP) is 0.836. The summed E-state index contributed by atoms with van der Waals surface area (Å²) < 4.78 is 29.4. The fraction of sp³-hybridized carbons (Fsp3) is 1.00. The van der Waals surface area contributed by atoms with Crippen molar-refractivity contribution >= 4 is 10.0 Å². The lowest BCUT2D eigenvalue weighted by Gasteiger charge is -2.32. The highest BCUT2D eigenvalue weighted by atomic mass is 32.2. The molecule has 1 saturated heterocycles.